The van der Waals surface area contributed by atoms with Crippen LogP contribution >= 0.6 is 12.9 Å². The molecule has 1 N–H and O–H groups in total. The van der Waals surface area contributed by atoms with Gasteiger partial charge in [0.2, 0.25) is 0 Å². The summed E-state index contributed by atoms with van der Waals surface area (Å²) in [6.07, 6.45) is 0. The fraction of sp³-hybridized carbons (Fsp3) is 0. The summed E-state index contributed by atoms with van der Waals surface area (Å²) in [6, 6.07) is 0. The minimum atomic E-state index is -3.11. The van der Waals surface area contributed by atoms with Gasteiger partial charge >= 0.3 is 59.1 Å². The largest absolute Gasteiger partial charge is 1.00 e. The van der Waals surface area contributed by atoms with Crippen molar-refractivity contribution >= 4 is 24.3 Å². The van der Waals surface area contributed by atoms with Crippen LogP contribution in [0.3, 0.4) is 0 Å². The van der Waals surface area contributed by atoms with Crippen LogP contribution in [0.5, 0.6) is 0 Å². The van der Waals surface area contributed by atoms with Crippen LogP contribution in [0.4, 0.5) is 0 Å². The zero-order chi connectivity index (χ0) is 5.58. The molecule has 8 heteroatoms. The van der Waals surface area contributed by atoms with Crippen molar-refractivity contribution in [3.63, 3.8) is 0 Å². The molecular formula is H2Na2O4S2. The van der Waals surface area contributed by atoms with Gasteiger partial charge in [0.05, 0.1) is 0 Å². The van der Waals surface area contributed by atoms with Crippen molar-refractivity contribution in [2.24, 2.45) is 0 Å². The Morgan fingerprint density at radius 2 is 1.25 bits per heavy atom. The molecule has 0 aliphatic rings. The maximum Gasteiger partial charge on any atom is 1.00 e. The molecule has 0 saturated heterocycles. The summed E-state index contributed by atoms with van der Waals surface area (Å²) in [6.45, 7) is 0. The molecule has 0 amide bonds. The molecule has 0 aromatic heterocycles. The van der Waals surface area contributed by atoms with Crippen LogP contribution in [0.25, 0.3) is 0 Å². The second-order valence-corrected chi connectivity index (χ2v) is 0.612. The van der Waals surface area contributed by atoms with Gasteiger partial charge in [-0.05, 0) is 12.9 Å². The van der Waals surface area contributed by atoms with E-state index in [4.69, 9.17) is 17.9 Å². The summed E-state index contributed by atoms with van der Waals surface area (Å²) < 4.78 is 32.0. The Labute approximate surface area is 99.7 Å². The van der Waals surface area contributed by atoms with Crippen LogP contribution in [0, 0.1) is 0 Å². The van der Waals surface area contributed by atoms with Gasteiger partial charge in [-0.1, -0.05) is 0 Å². The molecule has 0 atom stereocenters. The summed E-state index contributed by atoms with van der Waals surface area (Å²) in [5.74, 6) is 0. The minimum Gasteiger partial charge on any atom is -0.784 e. The number of hydrogen-bond donors (Lipinski definition) is 2. The van der Waals surface area contributed by atoms with Crippen LogP contribution in [0.1, 0.15) is 0 Å². The molecule has 0 spiro atoms. The Bertz CT molecular complexity index is 35.0. The van der Waals surface area contributed by atoms with Gasteiger partial charge in [-0.2, -0.15) is 0 Å². The third kappa shape index (κ3) is 80.6. The summed E-state index contributed by atoms with van der Waals surface area (Å²) in [5, 5.41) is 0. The Kier molecular flexibility index (Phi) is 63.8. The molecule has 0 aliphatic heterocycles. The van der Waals surface area contributed by atoms with E-state index in [2.05, 4.69) is 12.9 Å². The molecule has 0 fully saturated rings. The van der Waals surface area contributed by atoms with Crippen LogP contribution < -0.4 is 59.1 Å². The fourth-order valence-corrected chi connectivity index (χ4v) is 0. The average Bonchev–Trinajstić information content (AvgIpc) is 1.41. The molecule has 40 valence electrons. The zero-order valence-electron chi connectivity index (χ0n) is 4.53. The number of rotatable bonds is 0. The summed E-state index contributed by atoms with van der Waals surface area (Å²) in [4.78, 5) is 0. The van der Waals surface area contributed by atoms with Crippen molar-refractivity contribution in [1.29, 1.82) is 0 Å². The zero-order valence-corrected chi connectivity index (χ0v) is 10.2. The first kappa shape index (κ1) is 22.4. The van der Waals surface area contributed by atoms with Crippen molar-refractivity contribution in [2.75, 3.05) is 0 Å². The Morgan fingerprint density at radius 3 is 1.25 bits per heavy atom. The third-order valence-electron chi connectivity index (χ3n) is 0. The Balaban J connectivity index is -0.0000000183. The van der Waals surface area contributed by atoms with Crippen LogP contribution in [-0.2, 0) is 11.4 Å². The molecule has 0 unspecified atom stereocenters. The molecule has 0 radical (unpaired) electrons. The number of hydrogen-bond acceptors (Lipinski definition) is 5. The predicted octanol–water partition coefficient (Wildman–Crippen LogP) is -6.61. The molecule has 0 rings (SSSR count). The molecule has 8 heavy (non-hydrogen) atoms. The molecule has 4 nitrogen and oxygen atoms in total. The van der Waals surface area contributed by atoms with E-state index in [0.29, 0.717) is 0 Å². The minimum absolute atomic E-state index is 0. The van der Waals surface area contributed by atoms with Gasteiger partial charge in [-0.25, -0.2) is 0 Å². The summed E-state index contributed by atoms with van der Waals surface area (Å²) in [5.41, 5.74) is 0. The summed E-state index contributed by atoms with van der Waals surface area (Å²) in [7, 11) is 0. The van der Waals surface area contributed by atoms with Crippen molar-refractivity contribution in [1.82, 2.24) is 0 Å². The van der Waals surface area contributed by atoms with Crippen molar-refractivity contribution < 1.29 is 77.0 Å². The monoisotopic (exact) mass is 176 g/mol. The van der Waals surface area contributed by atoms with E-state index in [-0.39, 0.29) is 59.1 Å². The maximum atomic E-state index is 8.44. The Hall–Kier alpha value is 2.38. The maximum absolute atomic E-state index is 8.44. The standard InChI is InChI=1S/2Na.H2O3S.H2OS/c;;1-4(2)3;1-2/h;;(H2,1,2,3);1-2H/q2*+1;;/p-2. The van der Waals surface area contributed by atoms with Gasteiger partial charge in [0.15, 0.2) is 0 Å². The van der Waals surface area contributed by atoms with Gasteiger partial charge in [-0.15, -0.1) is 11.4 Å². The Morgan fingerprint density at radius 1 is 1.25 bits per heavy atom. The average molecular weight is 176 g/mol. The van der Waals surface area contributed by atoms with Gasteiger partial charge in [0, 0.05) is 0 Å². The molecule has 0 heterocycles. The molecular weight excluding hydrogens is 174 g/mol. The normalized spacial score (nSPS) is 5.12. The smallest absolute Gasteiger partial charge is 0.784 e. The van der Waals surface area contributed by atoms with Gasteiger partial charge in [0.1, 0.15) is 0 Å². The van der Waals surface area contributed by atoms with Crippen LogP contribution in [0.2, 0.25) is 0 Å². The summed E-state index contributed by atoms with van der Waals surface area (Å²) >= 11 is -0.583. The van der Waals surface area contributed by atoms with Crippen molar-refractivity contribution in [3.05, 3.63) is 0 Å². The SMILES string of the molecule is O=S([O-])[O-].OS.[Na+].[Na+]. The molecule has 0 bridgehead atoms. The molecule has 0 aromatic rings. The van der Waals surface area contributed by atoms with Gasteiger partial charge < -0.3 is 13.7 Å². The van der Waals surface area contributed by atoms with E-state index >= 15 is 0 Å². The van der Waals surface area contributed by atoms with E-state index in [1.54, 1.807) is 0 Å². The van der Waals surface area contributed by atoms with Crippen LogP contribution in [0.15, 0.2) is 0 Å². The second-order valence-electron chi connectivity index (χ2n) is 0.204. The van der Waals surface area contributed by atoms with E-state index in [1.807, 2.05) is 0 Å². The van der Waals surface area contributed by atoms with Gasteiger partial charge in [-0.3, -0.25) is 4.21 Å². The molecule has 0 aliphatic carbocycles. The first-order valence-corrected chi connectivity index (χ1v) is 2.10. The van der Waals surface area contributed by atoms with Crippen LogP contribution in [-0.4, -0.2) is 17.9 Å². The predicted molar refractivity (Wildman–Crippen MR) is 21.3 cm³/mol. The third-order valence-corrected chi connectivity index (χ3v) is 0. The van der Waals surface area contributed by atoms with E-state index in [1.165, 1.54) is 0 Å². The first-order valence-electron chi connectivity index (χ1n) is 0.700. The van der Waals surface area contributed by atoms with E-state index in [9.17, 15) is 0 Å². The fourth-order valence-electron chi connectivity index (χ4n) is 0. The van der Waals surface area contributed by atoms with E-state index < -0.39 is 11.4 Å². The van der Waals surface area contributed by atoms with Crippen molar-refractivity contribution in [3.8, 4) is 0 Å². The number of thiol groups is 1. The van der Waals surface area contributed by atoms with Crippen molar-refractivity contribution in [2.45, 2.75) is 0 Å². The second kappa shape index (κ2) is 22.8. The molecule has 0 aromatic carbocycles. The molecule has 0 saturated carbocycles. The van der Waals surface area contributed by atoms with Gasteiger partial charge in [0.25, 0.3) is 0 Å². The quantitative estimate of drug-likeness (QED) is 0.166. The first-order chi connectivity index (χ1) is 2.73. The van der Waals surface area contributed by atoms with E-state index in [0.717, 1.165) is 0 Å². The topological polar surface area (TPSA) is 83.4 Å².